The highest BCUT2D eigenvalue weighted by atomic mass is 16.5. The van der Waals surface area contributed by atoms with Gasteiger partial charge in [-0.2, -0.15) is 4.98 Å². The number of ether oxygens (including phenoxy) is 1. The average Bonchev–Trinajstić information content (AvgIpc) is 3.20. The van der Waals surface area contributed by atoms with Gasteiger partial charge in [0.25, 0.3) is 0 Å². The van der Waals surface area contributed by atoms with Gasteiger partial charge in [-0.05, 0) is 42.3 Å². The number of rotatable bonds is 6. The van der Waals surface area contributed by atoms with Gasteiger partial charge >= 0.3 is 11.1 Å². The van der Waals surface area contributed by atoms with Crippen LogP contribution in [-0.2, 0) is 13.0 Å². The summed E-state index contributed by atoms with van der Waals surface area (Å²) in [4.78, 5) is 31.2. The molecule has 0 spiro atoms. The van der Waals surface area contributed by atoms with Crippen LogP contribution in [0.25, 0.3) is 22.4 Å². The largest absolute Gasteiger partial charge is 0.497 e. The van der Waals surface area contributed by atoms with Crippen molar-refractivity contribution in [3.63, 3.8) is 0 Å². The summed E-state index contributed by atoms with van der Waals surface area (Å²) in [6.45, 7) is 2.43. The fourth-order valence-corrected chi connectivity index (χ4v) is 3.23. The first-order valence-corrected chi connectivity index (χ1v) is 9.32. The number of nitrogens with zero attached hydrogens (tertiary/aromatic N) is 3. The van der Waals surface area contributed by atoms with E-state index in [1.807, 2.05) is 37.3 Å². The van der Waals surface area contributed by atoms with Gasteiger partial charge in [0, 0.05) is 12.1 Å². The maximum Gasteiger partial charge on any atom is 0.316 e. The zero-order valence-corrected chi connectivity index (χ0v) is 16.1. The van der Waals surface area contributed by atoms with Gasteiger partial charge in [0.15, 0.2) is 0 Å². The number of methoxy groups -OCH3 is 1. The van der Waals surface area contributed by atoms with E-state index in [0.29, 0.717) is 41.3 Å². The van der Waals surface area contributed by atoms with Crippen LogP contribution >= 0.6 is 0 Å². The van der Waals surface area contributed by atoms with Gasteiger partial charge in [0.05, 0.1) is 24.6 Å². The van der Waals surface area contributed by atoms with Crippen molar-refractivity contribution in [1.29, 1.82) is 0 Å². The topological polar surface area (TPSA) is 103 Å². The Bertz CT molecular complexity index is 1270. The van der Waals surface area contributed by atoms with Crippen molar-refractivity contribution in [3.05, 3.63) is 74.6 Å². The Hall–Kier alpha value is -3.68. The quantitative estimate of drug-likeness (QED) is 0.506. The highest BCUT2D eigenvalue weighted by Gasteiger charge is 2.13. The monoisotopic (exact) mass is 392 g/mol. The molecule has 29 heavy (non-hydrogen) atoms. The van der Waals surface area contributed by atoms with E-state index in [1.54, 1.807) is 19.2 Å². The van der Waals surface area contributed by atoms with Crippen molar-refractivity contribution >= 4 is 11.0 Å². The van der Waals surface area contributed by atoms with Crippen LogP contribution in [0.2, 0.25) is 0 Å². The molecule has 0 saturated carbocycles. The number of hydrogen-bond donors (Lipinski definition) is 1. The van der Waals surface area contributed by atoms with Gasteiger partial charge in [-0.25, -0.2) is 0 Å². The molecule has 0 aliphatic rings. The molecular formula is C21H20N4O4. The van der Waals surface area contributed by atoms with E-state index >= 15 is 0 Å². The Morgan fingerprint density at radius 1 is 1.14 bits per heavy atom. The molecular weight excluding hydrogens is 372 g/mol. The number of benzene rings is 2. The fraction of sp³-hybridized carbons (Fsp3) is 0.238. The summed E-state index contributed by atoms with van der Waals surface area (Å²) in [5.74, 6) is 1.69. The second kappa shape index (κ2) is 7.75. The first-order chi connectivity index (χ1) is 14.1. The summed E-state index contributed by atoms with van der Waals surface area (Å²) < 4.78 is 12.0. The summed E-state index contributed by atoms with van der Waals surface area (Å²) in [6, 6.07) is 13.0. The Morgan fingerprint density at radius 3 is 2.66 bits per heavy atom. The first-order valence-electron chi connectivity index (χ1n) is 9.32. The van der Waals surface area contributed by atoms with Crippen LogP contribution in [0.1, 0.15) is 24.8 Å². The molecule has 0 aliphatic carbocycles. The summed E-state index contributed by atoms with van der Waals surface area (Å²) in [5, 5.41) is 4.05. The van der Waals surface area contributed by atoms with Gasteiger partial charge in [-0.3, -0.25) is 9.59 Å². The number of fused-ring (bicyclic) bond motifs is 1. The smallest absolute Gasteiger partial charge is 0.316 e. The molecule has 8 nitrogen and oxygen atoms in total. The standard InChI is InChI=1S/C21H20N4O4/c1-3-10-25-17-9-6-14(12-16(17)22-20(26)21(25)27)19-23-18(29-24-19)11-13-4-7-15(28-2)8-5-13/h4-9,12H,3,10-11H2,1-2H3,(H,22,26). The molecule has 0 aliphatic heterocycles. The molecule has 2 heterocycles. The van der Waals surface area contributed by atoms with Crippen LogP contribution in [0.5, 0.6) is 5.75 Å². The summed E-state index contributed by atoms with van der Waals surface area (Å²) in [7, 11) is 1.62. The van der Waals surface area contributed by atoms with Crippen molar-refractivity contribution < 1.29 is 9.26 Å². The number of H-pyrrole nitrogens is 1. The summed E-state index contributed by atoms with van der Waals surface area (Å²) in [5.41, 5.74) is 1.75. The lowest BCUT2D eigenvalue weighted by Gasteiger charge is -2.08. The molecule has 4 rings (SSSR count). The predicted octanol–water partition coefficient (Wildman–Crippen LogP) is 2.75. The third-order valence-corrected chi connectivity index (χ3v) is 4.66. The molecule has 4 aromatic rings. The second-order valence-corrected chi connectivity index (χ2v) is 6.68. The lowest BCUT2D eigenvalue weighted by Crippen LogP contribution is -2.36. The van der Waals surface area contributed by atoms with Crippen LogP contribution in [-0.4, -0.2) is 26.8 Å². The first kappa shape index (κ1) is 18.7. The maximum absolute atomic E-state index is 12.1. The zero-order valence-electron chi connectivity index (χ0n) is 16.1. The average molecular weight is 392 g/mol. The minimum Gasteiger partial charge on any atom is -0.497 e. The molecule has 0 bridgehead atoms. The highest BCUT2D eigenvalue weighted by molar-refractivity contribution is 5.80. The molecule has 2 aromatic carbocycles. The molecule has 148 valence electrons. The van der Waals surface area contributed by atoms with E-state index in [-0.39, 0.29) is 0 Å². The maximum atomic E-state index is 12.1. The fourth-order valence-electron chi connectivity index (χ4n) is 3.23. The van der Waals surface area contributed by atoms with Crippen LogP contribution in [0, 0.1) is 0 Å². The summed E-state index contributed by atoms with van der Waals surface area (Å²) >= 11 is 0. The van der Waals surface area contributed by atoms with E-state index < -0.39 is 11.1 Å². The zero-order chi connectivity index (χ0) is 20.4. The second-order valence-electron chi connectivity index (χ2n) is 6.68. The van der Waals surface area contributed by atoms with Crippen molar-refractivity contribution in [3.8, 4) is 17.1 Å². The van der Waals surface area contributed by atoms with Crippen molar-refractivity contribution in [2.24, 2.45) is 0 Å². The van der Waals surface area contributed by atoms with E-state index in [9.17, 15) is 9.59 Å². The SMILES string of the molecule is CCCn1c(=O)c(=O)[nH]c2cc(-c3noc(Cc4ccc(OC)cc4)n3)ccc21. The van der Waals surface area contributed by atoms with Crippen LogP contribution in [0.15, 0.2) is 56.6 Å². The van der Waals surface area contributed by atoms with Gasteiger partial charge in [0.2, 0.25) is 11.7 Å². The Labute approximate surface area is 165 Å². The lowest BCUT2D eigenvalue weighted by atomic mass is 10.1. The van der Waals surface area contributed by atoms with Gasteiger partial charge in [0.1, 0.15) is 5.75 Å². The summed E-state index contributed by atoms with van der Waals surface area (Å²) in [6.07, 6.45) is 1.25. The molecule has 1 N–H and O–H groups in total. The number of aryl methyl sites for hydroxylation is 1. The number of nitrogens with one attached hydrogen (secondary N) is 1. The lowest BCUT2D eigenvalue weighted by molar-refractivity contribution is 0.385. The van der Waals surface area contributed by atoms with Gasteiger partial charge in [-0.1, -0.05) is 24.2 Å². The van der Waals surface area contributed by atoms with Crippen LogP contribution in [0.3, 0.4) is 0 Å². The molecule has 8 heteroatoms. The Kier molecular flexibility index (Phi) is 4.99. The molecule has 0 atom stereocenters. The minimum absolute atomic E-state index is 0.421. The van der Waals surface area contributed by atoms with E-state index in [4.69, 9.17) is 9.26 Å². The third kappa shape index (κ3) is 3.69. The van der Waals surface area contributed by atoms with E-state index in [0.717, 1.165) is 17.7 Å². The number of aromatic amines is 1. The van der Waals surface area contributed by atoms with Crippen molar-refractivity contribution in [1.82, 2.24) is 19.7 Å². The molecule has 2 aromatic heterocycles. The molecule has 0 saturated heterocycles. The van der Waals surface area contributed by atoms with Crippen LogP contribution in [0.4, 0.5) is 0 Å². The molecule has 0 fully saturated rings. The highest BCUT2D eigenvalue weighted by Crippen LogP contribution is 2.21. The molecule has 0 unspecified atom stereocenters. The Morgan fingerprint density at radius 2 is 1.93 bits per heavy atom. The normalized spacial score (nSPS) is 11.1. The third-order valence-electron chi connectivity index (χ3n) is 4.66. The number of aromatic nitrogens is 4. The number of hydrogen-bond acceptors (Lipinski definition) is 6. The van der Waals surface area contributed by atoms with Gasteiger partial charge < -0.3 is 18.8 Å². The Balaban J connectivity index is 1.65. The molecule has 0 radical (unpaired) electrons. The predicted molar refractivity (Wildman–Crippen MR) is 108 cm³/mol. The van der Waals surface area contributed by atoms with Crippen LogP contribution < -0.4 is 15.9 Å². The van der Waals surface area contributed by atoms with E-state index in [2.05, 4.69) is 15.1 Å². The van der Waals surface area contributed by atoms with Crippen molar-refractivity contribution in [2.45, 2.75) is 26.3 Å². The molecule has 0 amide bonds. The van der Waals surface area contributed by atoms with E-state index in [1.165, 1.54) is 4.57 Å². The van der Waals surface area contributed by atoms with Crippen molar-refractivity contribution in [2.75, 3.05) is 7.11 Å². The van der Waals surface area contributed by atoms with Gasteiger partial charge in [-0.15, -0.1) is 0 Å². The minimum atomic E-state index is -0.642.